The molecular weight excluding hydrogens is 166 g/mol. The number of carbonyl (C=O) groups is 1. The highest BCUT2D eigenvalue weighted by Crippen LogP contribution is 2.26. The van der Waals surface area contributed by atoms with Crippen LogP contribution in [0, 0.1) is 5.92 Å². The van der Waals surface area contributed by atoms with Crippen LogP contribution in [0.4, 0.5) is 0 Å². The van der Waals surface area contributed by atoms with Crippen molar-refractivity contribution in [3.05, 3.63) is 0 Å². The maximum Gasteiger partial charge on any atom is 0.365 e. The first-order valence-corrected chi connectivity index (χ1v) is 4.66. The third-order valence-electron chi connectivity index (χ3n) is 2.75. The van der Waals surface area contributed by atoms with Crippen molar-refractivity contribution in [1.82, 2.24) is 0 Å². The van der Waals surface area contributed by atoms with E-state index in [2.05, 4.69) is 13.8 Å². The number of carboxylic acids is 1. The molecule has 0 aliphatic carbocycles. The molecule has 0 aromatic carbocycles. The summed E-state index contributed by atoms with van der Waals surface area (Å²) in [7, 11) is 5.78. The third kappa shape index (κ3) is 2.69. The molecule has 0 saturated carbocycles. The monoisotopic (exact) mass is 188 g/mol. The second-order valence-corrected chi connectivity index (χ2v) is 5.19. The van der Waals surface area contributed by atoms with Crippen molar-refractivity contribution >= 4 is 5.97 Å². The Hall–Kier alpha value is -0.570. The topological polar surface area (TPSA) is 37.3 Å². The molecule has 3 nitrogen and oxygen atoms in total. The predicted octanol–water partition coefficient (Wildman–Crippen LogP) is 1.58. The Morgan fingerprint density at radius 2 is 1.77 bits per heavy atom. The molecule has 0 aliphatic heterocycles. The van der Waals surface area contributed by atoms with Gasteiger partial charge in [0.05, 0.1) is 21.1 Å². The second kappa shape index (κ2) is 3.66. The molecule has 3 heteroatoms. The summed E-state index contributed by atoms with van der Waals surface area (Å²) in [5.41, 5.74) is -0.686. The van der Waals surface area contributed by atoms with Crippen LogP contribution in [-0.2, 0) is 4.79 Å². The van der Waals surface area contributed by atoms with Crippen LogP contribution in [0.25, 0.3) is 0 Å². The van der Waals surface area contributed by atoms with Crippen LogP contribution in [0.3, 0.4) is 0 Å². The lowest BCUT2D eigenvalue weighted by Crippen LogP contribution is -2.60. The molecule has 0 radical (unpaired) electrons. The van der Waals surface area contributed by atoms with Gasteiger partial charge in [-0.15, -0.1) is 0 Å². The van der Waals surface area contributed by atoms with Crippen LogP contribution in [0.15, 0.2) is 0 Å². The number of nitrogens with zero attached hydrogens (tertiary/aromatic N) is 1. The van der Waals surface area contributed by atoms with Gasteiger partial charge in [0, 0.05) is 13.3 Å². The van der Waals surface area contributed by atoms with E-state index in [0.29, 0.717) is 16.8 Å². The SMILES string of the molecule is CC(C)CC(C)(C(=O)O)[N+](C)(C)C. The maximum absolute atomic E-state index is 11.2. The van der Waals surface area contributed by atoms with E-state index in [9.17, 15) is 9.90 Å². The number of carboxylic acid groups (broad SMARTS) is 1. The van der Waals surface area contributed by atoms with Crippen LogP contribution in [0.1, 0.15) is 27.2 Å². The Morgan fingerprint density at radius 1 is 1.38 bits per heavy atom. The fraction of sp³-hybridized carbons (Fsp3) is 0.900. The minimum atomic E-state index is -0.714. The Balaban J connectivity index is 4.85. The molecule has 0 aromatic heterocycles. The average molecular weight is 188 g/mol. The Labute approximate surface area is 80.9 Å². The number of aliphatic carboxylic acids is 1. The third-order valence-corrected chi connectivity index (χ3v) is 2.75. The first-order valence-electron chi connectivity index (χ1n) is 4.66. The molecule has 0 bridgehead atoms. The van der Waals surface area contributed by atoms with Crippen molar-refractivity contribution < 1.29 is 14.4 Å². The Bertz CT molecular complexity index is 194. The van der Waals surface area contributed by atoms with E-state index in [0.717, 1.165) is 0 Å². The number of rotatable bonds is 4. The summed E-state index contributed by atoms with van der Waals surface area (Å²) in [6, 6.07) is 0. The van der Waals surface area contributed by atoms with E-state index < -0.39 is 11.5 Å². The molecule has 1 atom stereocenters. The van der Waals surface area contributed by atoms with Gasteiger partial charge in [-0.05, 0) is 5.92 Å². The van der Waals surface area contributed by atoms with E-state index in [1.165, 1.54) is 0 Å². The molecule has 0 fully saturated rings. The summed E-state index contributed by atoms with van der Waals surface area (Å²) in [5, 5.41) is 9.20. The van der Waals surface area contributed by atoms with Gasteiger partial charge in [-0.25, -0.2) is 4.79 Å². The molecule has 0 rings (SSSR count). The molecule has 0 aromatic rings. The van der Waals surface area contributed by atoms with Gasteiger partial charge in [-0.3, -0.25) is 0 Å². The van der Waals surface area contributed by atoms with Crippen LogP contribution < -0.4 is 0 Å². The van der Waals surface area contributed by atoms with Crippen LogP contribution in [0.2, 0.25) is 0 Å². The summed E-state index contributed by atoms with van der Waals surface area (Å²) >= 11 is 0. The standard InChI is InChI=1S/C10H21NO2/c1-8(2)7-10(3,9(12)13)11(4,5)6/h8H,7H2,1-6H3/p+1. The van der Waals surface area contributed by atoms with Gasteiger partial charge >= 0.3 is 5.97 Å². The highest BCUT2D eigenvalue weighted by molar-refractivity contribution is 5.76. The molecule has 0 amide bonds. The molecule has 0 aliphatic rings. The minimum absolute atomic E-state index is 0.401. The normalized spacial score (nSPS) is 17.2. The lowest BCUT2D eigenvalue weighted by Gasteiger charge is -2.41. The van der Waals surface area contributed by atoms with Crippen molar-refractivity contribution in [2.24, 2.45) is 5.92 Å². The second-order valence-electron chi connectivity index (χ2n) is 5.19. The van der Waals surface area contributed by atoms with E-state index in [1.807, 2.05) is 28.1 Å². The van der Waals surface area contributed by atoms with Gasteiger partial charge in [0.25, 0.3) is 0 Å². The average Bonchev–Trinajstić information content (AvgIpc) is 1.82. The molecule has 1 N–H and O–H groups in total. The fourth-order valence-corrected chi connectivity index (χ4v) is 1.44. The lowest BCUT2D eigenvalue weighted by atomic mass is 9.88. The van der Waals surface area contributed by atoms with Gasteiger partial charge < -0.3 is 9.59 Å². The van der Waals surface area contributed by atoms with E-state index >= 15 is 0 Å². The summed E-state index contributed by atoms with van der Waals surface area (Å²) in [5.74, 6) is -0.313. The smallest absolute Gasteiger partial charge is 0.365 e. The quantitative estimate of drug-likeness (QED) is 0.680. The molecule has 13 heavy (non-hydrogen) atoms. The molecule has 1 unspecified atom stereocenters. The van der Waals surface area contributed by atoms with Gasteiger partial charge in [0.1, 0.15) is 0 Å². The van der Waals surface area contributed by atoms with Crippen molar-refractivity contribution in [2.45, 2.75) is 32.7 Å². The van der Waals surface area contributed by atoms with Crippen LogP contribution in [-0.4, -0.2) is 42.2 Å². The van der Waals surface area contributed by atoms with Gasteiger partial charge in [0.2, 0.25) is 0 Å². The van der Waals surface area contributed by atoms with Crippen LogP contribution in [0.5, 0.6) is 0 Å². The molecule has 78 valence electrons. The minimum Gasteiger partial charge on any atom is -0.477 e. The first kappa shape index (κ1) is 12.4. The Morgan fingerprint density at radius 3 is 1.85 bits per heavy atom. The molecule has 0 saturated heterocycles. The van der Waals surface area contributed by atoms with Crippen LogP contribution >= 0.6 is 0 Å². The summed E-state index contributed by atoms with van der Waals surface area (Å²) < 4.78 is 0.459. The lowest BCUT2D eigenvalue weighted by molar-refractivity contribution is -0.912. The fourth-order valence-electron chi connectivity index (χ4n) is 1.44. The number of quaternary nitrogens is 1. The van der Waals surface area contributed by atoms with Gasteiger partial charge in [-0.2, -0.15) is 0 Å². The summed E-state index contributed by atoms with van der Waals surface area (Å²) in [4.78, 5) is 11.2. The Kier molecular flexibility index (Phi) is 3.50. The molecular formula is C10H22NO2+. The van der Waals surface area contributed by atoms with Gasteiger partial charge in [-0.1, -0.05) is 13.8 Å². The van der Waals surface area contributed by atoms with E-state index in [4.69, 9.17) is 0 Å². The zero-order valence-electron chi connectivity index (χ0n) is 9.59. The number of hydrogen-bond acceptors (Lipinski definition) is 1. The predicted molar refractivity (Wildman–Crippen MR) is 53.5 cm³/mol. The summed E-state index contributed by atoms with van der Waals surface area (Å²) in [6.45, 7) is 5.92. The molecule has 0 heterocycles. The number of hydrogen-bond donors (Lipinski definition) is 1. The van der Waals surface area contributed by atoms with Crippen molar-refractivity contribution in [1.29, 1.82) is 0 Å². The maximum atomic E-state index is 11.2. The van der Waals surface area contributed by atoms with Crippen molar-refractivity contribution in [2.75, 3.05) is 21.1 Å². The van der Waals surface area contributed by atoms with Gasteiger partial charge in [0.15, 0.2) is 5.54 Å². The van der Waals surface area contributed by atoms with E-state index in [1.54, 1.807) is 0 Å². The highest BCUT2D eigenvalue weighted by atomic mass is 16.4. The number of likely N-dealkylation sites (N-methyl/N-ethyl adjacent to an activating group) is 1. The zero-order chi connectivity index (χ0) is 10.9. The zero-order valence-corrected chi connectivity index (χ0v) is 9.59. The summed E-state index contributed by atoms with van der Waals surface area (Å²) in [6.07, 6.45) is 0.700. The van der Waals surface area contributed by atoms with E-state index in [-0.39, 0.29) is 0 Å². The first-order chi connectivity index (χ1) is 5.61. The van der Waals surface area contributed by atoms with Crippen molar-refractivity contribution in [3.63, 3.8) is 0 Å². The molecule has 0 spiro atoms. The highest BCUT2D eigenvalue weighted by Gasteiger charge is 2.46. The largest absolute Gasteiger partial charge is 0.477 e. The van der Waals surface area contributed by atoms with Crippen molar-refractivity contribution in [3.8, 4) is 0 Å².